The molecule has 238 valence electrons. The van der Waals surface area contributed by atoms with E-state index >= 15 is 0 Å². The normalized spacial score (nSPS) is 16.4. The lowest BCUT2D eigenvalue weighted by Crippen LogP contribution is -2.53. The molecule has 2 N–H and O–H groups in total. The van der Waals surface area contributed by atoms with Crippen LogP contribution < -0.4 is 20.4 Å². The summed E-state index contributed by atoms with van der Waals surface area (Å²) in [4.78, 5) is 81.5. The molecule has 0 spiro atoms. The van der Waals surface area contributed by atoms with Gasteiger partial charge in [-0.2, -0.15) is 0 Å². The number of anilines is 2. The van der Waals surface area contributed by atoms with Crippen molar-refractivity contribution in [1.29, 1.82) is 0 Å². The number of nitrogens with zero attached hydrogens (tertiary/aromatic N) is 2. The van der Waals surface area contributed by atoms with Gasteiger partial charge in [-0.05, 0) is 48.2 Å². The molecule has 46 heavy (non-hydrogen) atoms. The molecular formula is C35H36N4O7. The van der Waals surface area contributed by atoms with Crippen LogP contribution in [-0.4, -0.2) is 60.7 Å². The van der Waals surface area contributed by atoms with Gasteiger partial charge in [0.15, 0.2) is 0 Å². The van der Waals surface area contributed by atoms with Gasteiger partial charge in [0.1, 0.15) is 12.1 Å². The molecule has 5 rings (SSSR count). The van der Waals surface area contributed by atoms with Gasteiger partial charge in [0.2, 0.25) is 17.7 Å². The van der Waals surface area contributed by atoms with Crippen LogP contribution in [0.5, 0.6) is 0 Å². The van der Waals surface area contributed by atoms with Gasteiger partial charge >= 0.3 is 5.97 Å². The zero-order valence-electron chi connectivity index (χ0n) is 25.9. The van der Waals surface area contributed by atoms with Crippen LogP contribution in [0.3, 0.4) is 0 Å². The molecule has 0 aromatic heterocycles. The summed E-state index contributed by atoms with van der Waals surface area (Å²) < 4.78 is 5.26. The van der Waals surface area contributed by atoms with Crippen LogP contribution in [0.25, 0.3) is 0 Å². The number of rotatable bonds is 11. The molecule has 3 unspecified atom stereocenters. The molecule has 2 aliphatic rings. The van der Waals surface area contributed by atoms with Crippen LogP contribution in [-0.2, 0) is 36.8 Å². The summed E-state index contributed by atoms with van der Waals surface area (Å²) in [5, 5.41) is 5.45. The molecule has 0 radical (unpaired) electrons. The lowest BCUT2D eigenvalue weighted by Gasteiger charge is -2.27. The SMILES string of the molecule is CCOC(=O)C1Cc2ccc(N3C(=O)c4ccccc4C3=O)cc2N1C(=O)CNC(=O)C(NC(=O)Cc1ccccc1)C(C)CC. The van der Waals surface area contributed by atoms with Gasteiger partial charge in [-0.25, -0.2) is 9.69 Å². The Bertz CT molecular complexity index is 1650. The number of carbonyl (C=O) groups excluding carboxylic acids is 6. The number of hydrogen-bond donors (Lipinski definition) is 2. The maximum atomic E-state index is 13.8. The second-order valence-electron chi connectivity index (χ2n) is 11.4. The molecule has 2 heterocycles. The second kappa shape index (κ2) is 13.8. The van der Waals surface area contributed by atoms with E-state index in [0.717, 1.165) is 10.5 Å². The Kier molecular flexibility index (Phi) is 9.60. The number of imide groups is 1. The zero-order chi connectivity index (χ0) is 33.0. The van der Waals surface area contributed by atoms with E-state index in [2.05, 4.69) is 10.6 Å². The average molecular weight is 625 g/mol. The number of benzene rings is 3. The fourth-order valence-corrected chi connectivity index (χ4v) is 5.78. The highest BCUT2D eigenvalue weighted by Gasteiger charge is 2.42. The van der Waals surface area contributed by atoms with Crippen LogP contribution >= 0.6 is 0 Å². The maximum Gasteiger partial charge on any atom is 0.329 e. The van der Waals surface area contributed by atoms with Gasteiger partial charge in [0.25, 0.3) is 11.8 Å². The molecule has 5 amide bonds. The first-order chi connectivity index (χ1) is 22.1. The smallest absolute Gasteiger partial charge is 0.329 e. The third kappa shape index (κ3) is 6.39. The average Bonchev–Trinajstić information content (AvgIpc) is 3.57. The summed E-state index contributed by atoms with van der Waals surface area (Å²) in [6.45, 7) is 5.03. The third-order valence-corrected chi connectivity index (χ3v) is 8.37. The van der Waals surface area contributed by atoms with E-state index in [4.69, 9.17) is 4.74 Å². The number of ether oxygens (including phenoxy) is 1. The topological polar surface area (TPSA) is 142 Å². The van der Waals surface area contributed by atoms with Crippen molar-refractivity contribution < 1.29 is 33.5 Å². The van der Waals surface area contributed by atoms with E-state index in [1.54, 1.807) is 43.3 Å². The Labute approximate surface area is 266 Å². The van der Waals surface area contributed by atoms with Crippen molar-refractivity contribution in [3.63, 3.8) is 0 Å². The predicted molar refractivity (Wildman–Crippen MR) is 170 cm³/mol. The van der Waals surface area contributed by atoms with Gasteiger partial charge in [-0.1, -0.05) is 68.8 Å². The Morgan fingerprint density at radius 2 is 1.57 bits per heavy atom. The van der Waals surface area contributed by atoms with Crippen LogP contribution in [0.15, 0.2) is 72.8 Å². The van der Waals surface area contributed by atoms with Gasteiger partial charge in [0.05, 0.1) is 42.1 Å². The van der Waals surface area contributed by atoms with Crippen molar-refractivity contribution >= 4 is 46.9 Å². The highest BCUT2D eigenvalue weighted by atomic mass is 16.5. The first-order valence-corrected chi connectivity index (χ1v) is 15.3. The van der Waals surface area contributed by atoms with Crippen molar-refractivity contribution in [1.82, 2.24) is 10.6 Å². The fourth-order valence-electron chi connectivity index (χ4n) is 5.78. The van der Waals surface area contributed by atoms with Crippen LogP contribution in [0.2, 0.25) is 0 Å². The largest absolute Gasteiger partial charge is 0.464 e. The molecule has 3 atom stereocenters. The number of esters is 1. The molecule has 0 saturated heterocycles. The van der Waals surface area contributed by atoms with E-state index < -0.39 is 48.2 Å². The summed E-state index contributed by atoms with van der Waals surface area (Å²) in [6, 6.07) is 18.6. The molecule has 0 saturated carbocycles. The second-order valence-corrected chi connectivity index (χ2v) is 11.4. The maximum absolute atomic E-state index is 13.8. The van der Waals surface area contributed by atoms with Crippen molar-refractivity contribution in [2.75, 3.05) is 23.0 Å². The van der Waals surface area contributed by atoms with Crippen molar-refractivity contribution in [3.8, 4) is 0 Å². The molecule has 3 aromatic rings. The van der Waals surface area contributed by atoms with E-state index in [-0.39, 0.29) is 48.1 Å². The molecule has 11 nitrogen and oxygen atoms in total. The van der Waals surface area contributed by atoms with Crippen molar-refractivity contribution in [2.24, 2.45) is 5.92 Å². The van der Waals surface area contributed by atoms with Crippen LogP contribution in [0, 0.1) is 5.92 Å². The monoisotopic (exact) mass is 624 g/mol. The quantitative estimate of drug-likeness (QED) is 0.247. The molecule has 0 bridgehead atoms. The van der Waals surface area contributed by atoms with E-state index in [1.807, 2.05) is 44.2 Å². The Balaban J connectivity index is 1.35. The molecule has 2 aliphatic heterocycles. The van der Waals surface area contributed by atoms with E-state index in [9.17, 15) is 28.8 Å². The minimum atomic E-state index is -1.01. The molecule has 11 heteroatoms. The predicted octanol–water partition coefficient (Wildman–Crippen LogP) is 3.20. The minimum Gasteiger partial charge on any atom is -0.464 e. The number of nitrogens with one attached hydrogen (secondary N) is 2. The Hall–Kier alpha value is -5.32. The van der Waals surface area contributed by atoms with Gasteiger partial charge in [-0.15, -0.1) is 0 Å². The standard InChI is InChI=1S/C35H36N4O7/c1-4-21(3)31(37-29(40)17-22-11-7-6-8-12-22)32(42)36-20-30(41)39-27-19-24(16-15-23(27)18-28(39)35(45)46-5-2)38-33(43)25-13-9-10-14-26(25)34(38)44/h6-16,19,21,28,31H,4-5,17-18,20H2,1-3H3,(H,36,42)(H,37,40). The zero-order valence-corrected chi connectivity index (χ0v) is 25.9. The van der Waals surface area contributed by atoms with E-state index in [0.29, 0.717) is 17.7 Å². The van der Waals surface area contributed by atoms with Crippen molar-refractivity contribution in [3.05, 3.63) is 95.1 Å². The van der Waals surface area contributed by atoms with E-state index in [1.165, 1.54) is 11.0 Å². The lowest BCUT2D eigenvalue weighted by atomic mass is 9.98. The summed E-state index contributed by atoms with van der Waals surface area (Å²) >= 11 is 0. The van der Waals surface area contributed by atoms with Gasteiger partial charge in [0, 0.05) is 6.42 Å². The van der Waals surface area contributed by atoms with Crippen LogP contribution in [0.4, 0.5) is 11.4 Å². The van der Waals surface area contributed by atoms with Crippen molar-refractivity contribution in [2.45, 2.75) is 52.1 Å². The highest BCUT2D eigenvalue weighted by Crippen LogP contribution is 2.38. The number of amides is 5. The summed E-state index contributed by atoms with van der Waals surface area (Å²) in [6.07, 6.45) is 0.852. The summed E-state index contributed by atoms with van der Waals surface area (Å²) in [5.74, 6) is -3.27. The molecular weight excluding hydrogens is 588 g/mol. The summed E-state index contributed by atoms with van der Waals surface area (Å²) in [5.41, 5.74) is 2.58. The van der Waals surface area contributed by atoms with Gasteiger partial charge < -0.3 is 15.4 Å². The number of hydrogen-bond acceptors (Lipinski definition) is 7. The number of fused-ring (bicyclic) bond motifs is 2. The first kappa shape index (κ1) is 32.1. The molecule has 3 aromatic carbocycles. The highest BCUT2D eigenvalue weighted by molar-refractivity contribution is 6.34. The Morgan fingerprint density at radius 1 is 0.913 bits per heavy atom. The number of carbonyl (C=O) groups is 6. The molecule has 0 aliphatic carbocycles. The summed E-state index contributed by atoms with van der Waals surface area (Å²) in [7, 11) is 0. The third-order valence-electron chi connectivity index (χ3n) is 8.37. The lowest BCUT2D eigenvalue weighted by molar-refractivity contribution is -0.145. The van der Waals surface area contributed by atoms with Crippen LogP contribution in [0.1, 0.15) is 59.0 Å². The minimum absolute atomic E-state index is 0.0984. The first-order valence-electron chi connectivity index (χ1n) is 15.3. The fraction of sp³-hybridized carbons (Fsp3) is 0.314. The van der Waals surface area contributed by atoms with Gasteiger partial charge in [-0.3, -0.25) is 28.9 Å². The Morgan fingerprint density at radius 3 is 2.20 bits per heavy atom. The molecule has 0 fully saturated rings.